The SMILES string of the molecule is CC(NC(=O)c1cncc(Br)c1)c1cccc(NS(C)(=O)=O)c1. The lowest BCUT2D eigenvalue weighted by Crippen LogP contribution is -2.26. The van der Waals surface area contributed by atoms with Gasteiger partial charge in [-0.25, -0.2) is 8.42 Å². The number of nitrogens with zero attached hydrogens (tertiary/aromatic N) is 1. The first-order valence-corrected chi connectivity index (χ1v) is 9.42. The molecule has 23 heavy (non-hydrogen) atoms. The molecule has 0 radical (unpaired) electrons. The molecule has 0 spiro atoms. The minimum atomic E-state index is -3.34. The minimum Gasteiger partial charge on any atom is -0.345 e. The van der Waals surface area contributed by atoms with Crippen LogP contribution < -0.4 is 10.0 Å². The predicted octanol–water partition coefficient (Wildman–Crippen LogP) is 2.71. The van der Waals surface area contributed by atoms with Crippen molar-refractivity contribution in [3.8, 4) is 0 Å². The molecule has 8 heteroatoms. The lowest BCUT2D eigenvalue weighted by atomic mass is 10.1. The summed E-state index contributed by atoms with van der Waals surface area (Å²) in [6.45, 7) is 1.82. The van der Waals surface area contributed by atoms with Crippen molar-refractivity contribution in [1.29, 1.82) is 0 Å². The summed E-state index contributed by atoms with van der Waals surface area (Å²) >= 11 is 3.27. The second-order valence-corrected chi connectivity index (χ2v) is 7.75. The number of hydrogen-bond acceptors (Lipinski definition) is 4. The molecule has 6 nitrogen and oxygen atoms in total. The zero-order valence-electron chi connectivity index (χ0n) is 12.6. The normalized spacial score (nSPS) is 12.5. The van der Waals surface area contributed by atoms with Crippen molar-refractivity contribution >= 4 is 37.5 Å². The molecule has 0 aliphatic carbocycles. The number of pyridine rings is 1. The van der Waals surface area contributed by atoms with E-state index in [1.54, 1.807) is 30.5 Å². The number of sulfonamides is 1. The van der Waals surface area contributed by atoms with Crippen LogP contribution in [0.2, 0.25) is 0 Å². The van der Waals surface area contributed by atoms with Gasteiger partial charge in [-0.15, -0.1) is 0 Å². The van der Waals surface area contributed by atoms with Gasteiger partial charge < -0.3 is 5.32 Å². The van der Waals surface area contributed by atoms with Crippen LogP contribution in [0.5, 0.6) is 0 Å². The zero-order valence-corrected chi connectivity index (χ0v) is 15.0. The third-order valence-corrected chi connectivity index (χ3v) is 4.04. The van der Waals surface area contributed by atoms with Crippen molar-refractivity contribution < 1.29 is 13.2 Å². The van der Waals surface area contributed by atoms with Crippen molar-refractivity contribution in [2.24, 2.45) is 0 Å². The first-order chi connectivity index (χ1) is 10.7. The lowest BCUT2D eigenvalue weighted by molar-refractivity contribution is 0.0939. The molecular weight excluding hydrogens is 382 g/mol. The molecule has 0 aliphatic rings. The summed E-state index contributed by atoms with van der Waals surface area (Å²) in [4.78, 5) is 16.2. The van der Waals surface area contributed by atoms with E-state index in [1.165, 1.54) is 6.20 Å². The first kappa shape index (κ1) is 17.4. The highest BCUT2D eigenvalue weighted by molar-refractivity contribution is 9.10. The number of benzene rings is 1. The van der Waals surface area contributed by atoms with Gasteiger partial charge in [-0.3, -0.25) is 14.5 Å². The average Bonchev–Trinajstić information content (AvgIpc) is 2.45. The maximum absolute atomic E-state index is 12.2. The van der Waals surface area contributed by atoms with Crippen LogP contribution in [0.4, 0.5) is 5.69 Å². The summed E-state index contributed by atoms with van der Waals surface area (Å²) in [6.07, 6.45) is 4.17. The molecule has 2 aromatic rings. The standard InChI is InChI=1S/C15H16BrN3O3S/c1-10(18-15(20)12-6-13(16)9-17-8-12)11-4-3-5-14(7-11)19-23(2,21)22/h3-10,19H,1-2H3,(H,18,20). The molecule has 1 aromatic heterocycles. The Labute approximate surface area is 143 Å². The minimum absolute atomic E-state index is 0.257. The Hall–Kier alpha value is -1.93. The highest BCUT2D eigenvalue weighted by Crippen LogP contribution is 2.19. The Balaban J connectivity index is 2.13. The fourth-order valence-corrected chi connectivity index (χ4v) is 2.90. The predicted molar refractivity (Wildman–Crippen MR) is 92.7 cm³/mol. The fraction of sp³-hybridized carbons (Fsp3) is 0.200. The number of halogens is 1. The Bertz CT molecular complexity index is 824. The van der Waals surface area contributed by atoms with E-state index in [4.69, 9.17) is 0 Å². The second-order valence-electron chi connectivity index (χ2n) is 5.09. The third kappa shape index (κ3) is 5.33. The van der Waals surface area contributed by atoms with E-state index < -0.39 is 10.0 Å². The van der Waals surface area contributed by atoms with Crippen LogP contribution in [0.3, 0.4) is 0 Å². The summed E-state index contributed by atoms with van der Waals surface area (Å²) in [6, 6.07) is 8.27. The molecule has 0 bridgehead atoms. The lowest BCUT2D eigenvalue weighted by Gasteiger charge is -2.15. The largest absolute Gasteiger partial charge is 0.345 e. The van der Waals surface area contributed by atoms with Crippen molar-refractivity contribution in [1.82, 2.24) is 10.3 Å². The molecule has 1 unspecified atom stereocenters. The maximum atomic E-state index is 12.2. The molecule has 1 aromatic carbocycles. The van der Waals surface area contributed by atoms with Gasteiger partial charge in [-0.05, 0) is 46.6 Å². The zero-order chi connectivity index (χ0) is 17.0. The summed E-state index contributed by atoms with van der Waals surface area (Å²) in [5.41, 5.74) is 1.68. The van der Waals surface area contributed by atoms with Crippen LogP contribution >= 0.6 is 15.9 Å². The molecule has 0 aliphatic heterocycles. The molecular formula is C15H16BrN3O3S. The van der Waals surface area contributed by atoms with Gasteiger partial charge >= 0.3 is 0 Å². The summed E-state index contributed by atoms with van der Waals surface area (Å²) in [5, 5.41) is 2.85. The van der Waals surface area contributed by atoms with Crippen molar-refractivity contribution in [3.05, 3.63) is 58.3 Å². The first-order valence-electron chi connectivity index (χ1n) is 6.74. The second kappa shape index (κ2) is 7.10. The van der Waals surface area contributed by atoms with Crippen molar-refractivity contribution in [2.45, 2.75) is 13.0 Å². The van der Waals surface area contributed by atoms with Crippen LogP contribution in [0.15, 0.2) is 47.2 Å². The molecule has 1 heterocycles. The van der Waals surface area contributed by atoms with Gasteiger partial charge in [-0.1, -0.05) is 12.1 Å². The Kier molecular flexibility index (Phi) is 5.38. The van der Waals surface area contributed by atoms with Crippen molar-refractivity contribution in [2.75, 3.05) is 11.0 Å². The molecule has 1 amide bonds. The van der Waals surface area contributed by atoms with E-state index in [1.807, 2.05) is 13.0 Å². The number of hydrogen-bond donors (Lipinski definition) is 2. The number of amides is 1. The van der Waals surface area contributed by atoms with Crippen LogP contribution in [0, 0.1) is 0 Å². The van der Waals surface area contributed by atoms with E-state index in [0.29, 0.717) is 11.3 Å². The number of rotatable bonds is 5. The molecule has 1 atom stereocenters. The summed E-state index contributed by atoms with van der Waals surface area (Å²) in [5.74, 6) is -0.257. The molecule has 0 saturated carbocycles. The van der Waals surface area contributed by atoms with E-state index in [9.17, 15) is 13.2 Å². The monoisotopic (exact) mass is 397 g/mol. The summed E-state index contributed by atoms with van der Waals surface area (Å²) in [7, 11) is -3.34. The van der Waals surface area contributed by atoms with Crippen LogP contribution in [0.25, 0.3) is 0 Å². The molecule has 2 rings (SSSR count). The van der Waals surface area contributed by atoms with Gasteiger partial charge in [0.05, 0.1) is 17.9 Å². The highest BCUT2D eigenvalue weighted by atomic mass is 79.9. The number of aromatic nitrogens is 1. The fourth-order valence-electron chi connectivity index (χ4n) is 1.98. The van der Waals surface area contributed by atoms with E-state index >= 15 is 0 Å². The quantitative estimate of drug-likeness (QED) is 0.811. The van der Waals surface area contributed by atoms with Crippen LogP contribution in [-0.4, -0.2) is 25.6 Å². The van der Waals surface area contributed by atoms with Gasteiger partial charge in [0.2, 0.25) is 10.0 Å². The van der Waals surface area contributed by atoms with Crippen molar-refractivity contribution in [3.63, 3.8) is 0 Å². The number of carbonyl (C=O) groups is 1. The van der Waals surface area contributed by atoms with E-state index in [-0.39, 0.29) is 11.9 Å². The average molecular weight is 398 g/mol. The molecule has 122 valence electrons. The topological polar surface area (TPSA) is 88.2 Å². The number of carbonyl (C=O) groups excluding carboxylic acids is 1. The molecule has 0 fully saturated rings. The number of anilines is 1. The molecule has 0 saturated heterocycles. The van der Waals surface area contributed by atoms with E-state index in [2.05, 4.69) is 31.0 Å². The molecule has 2 N–H and O–H groups in total. The van der Waals surface area contributed by atoms with E-state index in [0.717, 1.165) is 16.3 Å². The van der Waals surface area contributed by atoms with Gasteiger partial charge in [0, 0.05) is 22.6 Å². The smallest absolute Gasteiger partial charge is 0.253 e. The van der Waals surface area contributed by atoms with Crippen LogP contribution in [0.1, 0.15) is 28.9 Å². The maximum Gasteiger partial charge on any atom is 0.253 e. The summed E-state index contributed by atoms with van der Waals surface area (Å²) < 4.78 is 25.7. The van der Waals surface area contributed by atoms with Crippen LogP contribution in [-0.2, 0) is 10.0 Å². The third-order valence-electron chi connectivity index (χ3n) is 3.00. The van der Waals surface area contributed by atoms with Gasteiger partial charge in [0.25, 0.3) is 5.91 Å². The van der Waals surface area contributed by atoms with Gasteiger partial charge in [-0.2, -0.15) is 0 Å². The Morgan fingerprint density at radius 3 is 2.65 bits per heavy atom. The van der Waals surface area contributed by atoms with Gasteiger partial charge in [0.1, 0.15) is 0 Å². The van der Waals surface area contributed by atoms with Gasteiger partial charge in [0.15, 0.2) is 0 Å². The Morgan fingerprint density at radius 2 is 2.00 bits per heavy atom. The Morgan fingerprint density at radius 1 is 1.26 bits per heavy atom. The highest BCUT2D eigenvalue weighted by Gasteiger charge is 2.13. The number of nitrogens with one attached hydrogen (secondary N) is 2.